The number of carboxylic acids is 1. The first-order valence-corrected chi connectivity index (χ1v) is 24.1. The lowest BCUT2D eigenvalue weighted by molar-refractivity contribution is -0.161. The number of phosphoric ester groups is 1. The molecule has 0 amide bonds. The number of carbonyl (C=O) groups excluding carboxylic acids is 2. The Kier molecular flexibility index (Phi) is 40.0. The normalized spacial score (nSPS) is 14.5. The number of rotatable bonds is 41. The highest BCUT2D eigenvalue weighted by atomic mass is 31.2. The van der Waals surface area contributed by atoms with Crippen LogP contribution in [-0.4, -0.2) is 59.9 Å². The van der Waals surface area contributed by atoms with E-state index in [4.69, 9.17) is 24.8 Å². The van der Waals surface area contributed by atoms with Crippen LogP contribution in [-0.2, 0) is 37.5 Å². The standard InChI is InChI=1S/C48H80NO10P/c1-3-5-7-9-11-13-15-17-19-21-22-24-25-27-29-31-33-35-37-39-46(50)56-41-44(42-57-60(54,55)58-43-45(49)48(52)53)59-47(51)40-38-36-34-32-30-28-26-23-20-18-16-14-12-10-8-6-4-2/h6,8,11-14,17-20,22,24,26,28,44-45H,3-5,7,9-10,15-16,21,23,25,27,29-43,49H2,1-2H3,(H,52,53)(H,54,55)/b8-6-,13-11-,14-12-,19-17-,20-18-,24-22-,28-26-. The first kappa shape index (κ1) is 56.7. The van der Waals surface area contributed by atoms with Gasteiger partial charge in [0.1, 0.15) is 12.6 Å². The molecule has 3 unspecified atom stereocenters. The van der Waals surface area contributed by atoms with E-state index in [1.54, 1.807) is 0 Å². The van der Waals surface area contributed by atoms with Crippen LogP contribution >= 0.6 is 7.82 Å². The minimum absolute atomic E-state index is 0.125. The summed E-state index contributed by atoms with van der Waals surface area (Å²) in [5, 5.41) is 8.90. The second-order valence-electron chi connectivity index (χ2n) is 14.8. The molecule has 4 N–H and O–H groups in total. The number of allylic oxidation sites excluding steroid dienone is 14. The van der Waals surface area contributed by atoms with Gasteiger partial charge >= 0.3 is 25.7 Å². The zero-order chi connectivity index (χ0) is 44.2. The Hall–Kier alpha value is -3.34. The largest absolute Gasteiger partial charge is 0.480 e. The topological polar surface area (TPSA) is 172 Å². The molecule has 12 heteroatoms. The van der Waals surface area contributed by atoms with Crippen molar-refractivity contribution in [3.8, 4) is 0 Å². The van der Waals surface area contributed by atoms with Crippen molar-refractivity contribution in [1.29, 1.82) is 0 Å². The van der Waals surface area contributed by atoms with Crippen molar-refractivity contribution in [1.82, 2.24) is 0 Å². The van der Waals surface area contributed by atoms with Crippen LogP contribution in [0.2, 0.25) is 0 Å². The maximum absolute atomic E-state index is 12.6. The van der Waals surface area contributed by atoms with Crippen LogP contribution in [0, 0.1) is 0 Å². The van der Waals surface area contributed by atoms with Crippen molar-refractivity contribution in [3.05, 3.63) is 85.1 Å². The van der Waals surface area contributed by atoms with E-state index in [0.29, 0.717) is 12.8 Å². The van der Waals surface area contributed by atoms with Gasteiger partial charge in [0.05, 0.1) is 13.2 Å². The van der Waals surface area contributed by atoms with Gasteiger partial charge in [-0.3, -0.25) is 23.4 Å². The zero-order valence-electron chi connectivity index (χ0n) is 37.0. The van der Waals surface area contributed by atoms with Gasteiger partial charge in [-0.1, -0.05) is 150 Å². The SMILES string of the molecule is CC/C=C\C/C=C\C/C=C\C/C=C\CCCCCCC(=O)OC(COC(=O)CCCCCCCC/C=C\C/C=C\C/C=C\CCCCC)COP(=O)(O)OCC(N)C(=O)O. The number of carbonyl (C=O) groups is 3. The number of carboxylic acid groups (broad SMARTS) is 1. The summed E-state index contributed by atoms with van der Waals surface area (Å²) in [6.07, 6.45) is 52.1. The highest BCUT2D eigenvalue weighted by Crippen LogP contribution is 2.43. The minimum atomic E-state index is -4.73. The zero-order valence-corrected chi connectivity index (χ0v) is 37.9. The fourth-order valence-corrected chi connectivity index (χ4v) is 6.37. The van der Waals surface area contributed by atoms with Crippen LogP contribution in [0.5, 0.6) is 0 Å². The second-order valence-corrected chi connectivity index (χ2v) is 16.2. The number of hydrogen-bond acceptors (Lipinski definition) is 9. The van der Waals surface area contributed by atoms with Gasteiger partial charge < -0.3 is 25.2 Å². The third-order valence-corrected chi connectivity index (χ3v) is 10.1. The first-order valence-electron chi connectivity index (χ1n) is 22.6. The van der Waals surface area contributed by atoms with Crippen LogP contribution in [0.1, 0.15) is 168 Å². The fourth-order valence-electron chi connectivity index (χ4n) is 5.59. The summed E-state index contributed by atoms with van der Waals surface area (Å²) in [5.41, 5.74) is 5.33. The molecule has 0 saturated carbocycles. The lowest BCUT2D eigenvalue weighted by atomic mass is 10.1. The van der Waals surface area contributed by atoms with E-state index < -0.39 is 51.1 Å². The van der Waals surface area contributed by atoms with Gasteiger partial charge in [-0.2, -0.15) is 0 Å². The molecule has 0 heterocycles. The van der Waals surface area contributed by atoms with Gasteiger partial charge in [0, 0.05) is 12.8 Å². The predicted molar refractivity (Wildman–Crippen MR) is 244 cm³/mol. The van der Waals surface area contributed by atoms with E-state index in [0.717, 1.165) is 103 Å². The van der Waals surface area contributed by atoms with E-state index in [1.165, 1.54) is 25.7 Å². The van der Waals surface area contributed by atoms with Gasteiger partial charge in [-0.25, -0.2) is 4.57 Å². The monoisotopic (exact) mass is 862 g/mol. The highest BCUT2D eigenvalue weighted by Gasteiger charge is 2.28. The molecule has 60 heavy (non-hydrogen) atoms. The summed E-state index contributed by atoms with van der Waals surface area (Å²) in [7, 11) is -4.73. The molecular weight excluding hydrogens is 781 g/mol. The molecule has 342 valence electrons. The van der Waals surface area contributed by atoms with Crippen molar-refractivity contribution in [2.24, 2.45) is 5.73 Å². The molecule has 0 radical (unpaired) electrons. The fraction of sp³-hybridized carbons (Fsp3) is 0.646. The van der Waals surface area contributed by atoms with Crippen LogP contribution in [0.15, 0.2) is 85.1 Å². The van der Waals surface area contributed by atoms with E-state index in [2.05, 4.69) is 103 Å². The van der Waals surface area contributed by atoms with Crippen LogP contribution in [0.3, 0.4) is 0 Å². The molecule has 0 aliphatic rings. The molecular formula is C48H80NO10P. The summed E-state index contributed by atoms with van der Waals surface area (Å²) >= 11 is 0. The molecule has 0 rings (SSSR count). The number of esters is 2. The van der Waals surface area contributed by atoms with E-state index in [1.807, 2.05) is 0 Å². The molecule has 3 atom stereocenters. The Morgan fingerprint density at radius 3 is 1.40 bits per heavy atom. The Bertz CT molecular complexity index is 1340. The summed E-state index contributed by atoms with van der Waals surface area (Å²) in [6.45, 7) is 2.61. The number of unbranched alkanes of at least 4 members (excludes halogenated alkanes) is 13. The minimum Gasteiger partial charge on any atom is -0.480 e. The van der Waals surface area contributed by atoms with E-state index in [-0.39, 0.29) is 19.4 Å². The second kappa shape index (κ2) is 42.4. The van der Waals surface area contributed by atoms with Gasteiger partial charge in [-0.05, 0) is 89.9 Å². The molecule has 0 spiro atoms. The smallest absolute Gasteiger partial charge is 0.472 e. The van der Waals surface area contributed by atoms with E-state index in [9.17, 15) is 23.8 Å². The molecule has 0 aromatic rings. The van der Waals surface area contributed by atoms with Gasteiger partial charge in [0.15, 0.2) is 6.10 Å². The first-order chi connectivity index (χ1) is 29.1. The number of ether oxygens (including phenoxy) is 2. The summed E-state index contributed by atoms with van der Waals surface area (Å²) in [6, 6.07) is -1.53. The van der Waals surface area contributed by atoms with Crippen molar-refractivity contribution in [2.75, 3.05) is 19.8 Å². The quantitative estimate of drug-likeness (QED) is 0.0231. The lowest BCUT2D eigenvalue weighted by Crippen LogP contribution is -2.34. The molecule has 0 aromatic heterocycles. The van der Waals surface area contributed by atoms with Crippen LogP contribution < -0.4 is 5.73 Å². The molecule has 0 fully saturated rings. The van der Waals surface area contributed by atoms with Gasteiger partial charge in [-0.15, -0.1) is 0 Å². The molecule has 11 nitrogen and oxygen atoms in total. The predicted octanol–water partition coefficient (Wildman–Crippen LogP) is 12.3. The maximum Gasteiger partial charge on any atom is 0.472 e. The average molecular weight is 862 g/mol. The highest BCUT2D eigenvalue weighted by molar-refractivity contribution is 7.47. The van der Waals surface area contributed by atoms with Crippen LogP contribution in [0.25, 0.3) is 0 Å². The average Bonchev–Trinajstić information content (AvgIpc) is 3.22. The van der Waals surface area contributed by atoms with Crippen molar-refractivity contribution < 1.29 is 47.5 Å². The number of hydrogen-bond donors (Lipinski definition) is 3. The maximum atomic E-state index is 12.6. The Morgan fingerprint density at radius 2 is 0.933 bits per heavy atom. The number of phosphoric acid groups is 1. The molecule has 0 saturated heterocycles. The molecule has 0 bridgehead atoms. The summed E-state index contributed by atoms with van der Waals surface area (Å²) in [4.78, 5) is 46.0. The Balaban J connectivity index is 4.42. The lowest BCUT2D eigenvalue weighted by Gasteiger charge is -2.20. The van der Waals surface area contributed by atoms with Crippen molar-refractivity contribution in [2.45, 2.75) is 180 Å². The molecule has 0 aliphatic carbocycles. The van der Waals surface area contributed by atoms with E-state index >= 15 is 0 Å². The molecule has 0 aliphatic heterocycles. The number of aliphatic carboxylic acids is 1. The number of nitrogens with two attached hydrogens (primary N) is 1. The van der Waals surface area contributed by atoms with Crippen molar-refractivity contribution >= 4 is 25.7 Å². The summed E-state index contributed by atoms with van der Waals surface area (Å²) < 4.78 is 32.7. The Labute approximate surface area is 362 Å². The third-order valence-electron chi connectivity index (χ3n) is 9.13. The Morgan fingerprint density at radius 1 is 0.533 bits per heavy atom. The van der Waals surface area contributed by atoms with Crippen LogP contribution in [0.4, 0.5) is 0 Å². The van der Waals surface area contributed by atoms with Gasteiger partial charge in [0.2, 0.25) is 0 Å². The third kappa shape index (κ3) is 41.4. The molecule has 0 aromatic carbocycles. The summed E-state index contributed by atoms with van der Waals surface area (Å²) in [5.74, 6) is -2.44. The van der Waals surface area contributed by atoms with Gasteiger partial charge in [0.25, 0.3) is 0 Å². The van der Waals surface area contributed by atoms with Crippen molar-refractivity contribution in [3.63, 3.8) is 0 Å².